The highest BCUT2D eigenvalue weighted by atomic mass is 35.5. The van der Waals surface area contributed by atoms with E-state index in [2.05, 4.69) is 44.7 Å². The van der Waals surface area contributed by atoms with E-state index in [1.807, 2.05) is 0 Å². The van der Waals surface area contributed by atoms with Crippen molar-refractivity contribution in [3.05, 3.63) is 52.0 Å². The van der Waals surface area contributed by atoms with Crippen LogP contribution in [0.5, 0.6) is 5.75 Å². The average molecular weight is 446 g/mol. The smallest absolute Gasteiger partial charge is 0.263 e. The minimum Gasteiger partial charge on any atom is -0.496 e. The Morgan fingerprint density at radius 1 is 1.13 bits per heavy atom. The zero-order valence-corrected chi connectivity index (χ0v) is 19.7. The Balaban J connectivity index is 2.06. The molecule has 1 amide bonds. The summed E-state index contributed by atoms with van der Waals surface area (Å²) in [5.41, 5.74) is 3.70. The molecule has 0 aliphatic rings. The Labute approximate surface area is 187 Å². The third-order valence-electron chi connectivity index (χ3n) is 5.21. The molecule has 0 saturated heterocycles. The van der Waals surface area contributed by atoms with Crippen LogP contribution in [0.1, 0.15) is 35.3 Å². The number of thiazole rings is 1. The summed E-state index contributed by atoms with van der Waals surface area (Å²) in [5.74, 6) is 0.348. The van der Waals surface area contributed by atoms with Crippen molar-refractivity contribution in [2.45, 2.75) is 27.7 Å². The molecule has 1 aromatic heterocycles. The third kappa shape index (κ3) is 4.77. The lowest BCUT2D eigenvalue weighted by Gasteiger charge is -2.25. The quantitative estimate of drug-likeness (QED) is 0.455. The minimum atomic E-state index is -0.157. The maximum atomic E-state index is 13.6. The average Bonchev–Trinajstić information content (AvgIpc) is 3.15. The van der Waals surface area contributed by atoms with E-state index in [1.165, 1.54) is 5.56 Å². The number of nitrogens with zero attached hydrogens (tertiary/aromatic N) is 3. The fourth-order valence-electron chi connectivity index (χ4n) is 3.54. The van der Waals surface area contributed by atoms with Gasteiger partial charge < -0.3 is 9.64 Å². The topological polar surface area (TPSA) is 45.7 Å². The number of rotatable bonds is 8. The molecular formula is C23H28ClN3O2S. The highest BCUT2D eigenvalue weighted by Crippen LogP contribution is 2.34. The van der Waals surface area contributed by atoms with Crippen LogP contribution in [0.25, 0.3) is 10.2 Å². The number of halogens is 1. The van der Waals surface area contributed by atoms with Crippen molar-refractivity contribution in [1.29, 1.82) is 0 Å². The largest absolute Gasteiger partial charge is 0.496 e. The van der Waals surface area contributed by atoms with Crippen LogP contribution in [0.15, 0.2) is 30.3 Å². The Kier molecular flexibility index (Phi) is 7.34. The molecule has 30 heavy (non-hydrogen) atoms. The van der Waals surface area contributed by atoms with Gasteiger partial charge in [-0.3, -0.25) is 9.69 Å². The Hall–Kier alpha value is -2.15. The number of fused-ring (bicyclic) bond motifs is 1. The summed E-state index contributed by atoms with van der Waals surface area (Å²) in [7, 11) is 1.56. The number of likely N-dealkylation sites (N-methyl/N-ethyl adjacent to an activating group) is 1. The summed E-state index contributed by atoms with van der Waals surface area (Å²) in [4.78, 5) is 22.5. The van der Waals surface area contributed by atoms with Gasteiger partial charge in [0.25, 0.3) is 5.91 Å². The molecule has 3 rings (SSSR count). The third-order valence-corrected chi connectivity index (χ3v) is 6.68. The highest BCUT2D eigenvalue weighted by Gasteiger charge is 2.25. The van der Waals surface area contributed by atoms with Crippen LogP contribution >= 0.6 is 22.9 Å². The van der Waals surface area contributed by atoms with Gasteiger partial charge in [0, 0.05) is 18.1 Å². The number of carbonyl (C=O) groups is 1. The van der Waals surface area contributed by atoms with Crippen molar-refractivity contribution in [2.24, 2.45) is 0 Å². The molecule has 7 heteroatoms. The molecule has 0 spiro atoms. The van der Waals surface area contributed by atoms with E-state index in [0.29, 0.717) is 28.0 Å². The van der Waals surface area contributed by atoms with Crippen molar-refractivity contribution in [3.8, 4) is 5.75 Å². The molecule has 1 heterocycles. The molecule has 0 saturated carbocycles. The molecule has 5 nitrogen and oxygen atoms in total. The molecule has 160 valence electrons. The van der Waals surface area contributed by atoms with E-state index < -0.39 is 0 Å². The van der Waals surface area contributed by atoms with Gasteiger partial charge in [-0.05, 0) is 62.3 Å². The number of anilines is 1. The van der Waals surface area contributed by atoms with Crippen LogP contribution in [0.2, 0.25) is 5.02 Å². The van der Waals surface area contributed by atoms with Crippen LogP contribution in [0.4, 0.5) is 5.13 Å². The highest BCUT2D eigenvalue weighted by molar-refractivity contribution is 7.22. The van der Waals surface area contributed by atoms with Gasteiger partial charge in [-0.15, -0.1) is 0 Å². The second-order valence-electron chi connectivity index (χ2n) is 7.25. The first-order valence-corrected chi connectivity index (χ1v) is 11.3. The van der Waals surface area contributed by atoms with Crippen LogP contribution in [0.3, 0.4) is 0 Å². The lowest BCUT2D eigenvalue weighted by atomic mass is 10.1. The summed E-state index contributed by atoms with van der Waals surface area (Å²) in [5, 5.41) is 1.19. The van der Waals surface area contributed by atoms with Gasteiger partial charge >= 0.3 is 0 Å². The summed E-state index contributed by atoms with van der Waals surface area (Å²) >= 11 is 7.75. The number of hydrogen-bond acceptors (Lipinski definition) is 5. The van der Waals surface area contributed by atoms with Crippen LogP contribution in [-0.2, 0) is 0 Å². The molecule has 2 aromatic carbocycles. The van der Waals surface area contributed by atoms with Crippen LogP contribution in [-0.4, -0.2) is 49.1 Å². The summed E-state index contributed by atoms with van der Waals surface area (Å²) in [6.07, 6.45) is 0. The van der Waals surface area contributed by atoms with Crippen LogP contribution in [0, 0.1) is 13.8 Å². The van der Waals surface area contributed by atoms with Gasteiger partial charge in [0.05, 0.1) is 22.9 Å². The standard InChI is InChI=1S/C23H28ClN3O2S/c1-6-26(7-2)10-11-27(22(28)18-14-17(24)8-9-20(18)29-5)23-25-19-13-15(3)12-16(4)21(19)30-23/h8-9,12-14H,6-7,10-11H2,1-5H3. The van der Waals surface area contributed by atoms with Gasteiger partial charge in [0.1, 0.15) is 5.75 Å². The lowest BCUT2D eigenvalue weighted by Crippen LogP contribution is -2.39. The number of carbonyl (C=O) groups excluding carboxylic acids is 1. The van der Waals surface area contributed by atoms with Gasteiger partial charge in [0.15, 0.2) is 5.13 Å². The number of aryl methyl sites for hydroxylation is 2. The second-order valence-corrected chi connectivity index (χ2v) is 8.67. The first kappa shape index (κ1) is 22.5. The van der Waals surface area contributed by atoms with E-state index in [1.54, 1.807) is 41.5 Å². The van der Waals surface area contributed by atoms with Crippen molar-refractivity contribution < 1.29 is 9.53 Å². The maximum absolute atomic E-state index is 13.6. The molecule has 0 aliphatic carbocycles. The van der Waals surface area contributed by atoms with Gasteiger partial charge in [-0.2, -0.15) is 0 Å². The predicted molar refractivity (Wildman–Crippen MR) is 127 cm³/mol. The Bertz CT molecular complexity index is 1050. The van der Waals surface area contributed by atoms with Gasteiger partial charge in [-0.25, -0.2) is 4.98 Å². The van der Waals surface area contributed by atoms with Crippen LogP contribution < -0.4 is 9.64 Å². The number of benzene rings is 2. The maximum Gasteiger partial charge on any atom is 0.263 e. The van der Waals surface area contributed by atoms with Crippen molar-refractivity contribution in [1.82, 2.24) is 9.88 Å². The van der Waals surface area contributed by atoms with E-state index in [9.17, 15) is 4.79 Å². The van der Waals surface area contributed by atoms with Gasteiger partial charge in [-0.1, -0.05) is 42.9 Å². The molecule has 0 unspecified atom stereocenters. The van der Waals surface area contributed by atoms with Gasteiger partial charge in [0.2, 0.25) is 0 Å². The van der Waals surface area contributed by atoms with E-state index in [4.69, 9.17) is 21.3 Å². The second kappa shape index (κ2) is 9.77. The molecule has 0 bridgehead atoms. The SMILES string of the molecule is CCN(CC)CCN(C(=O)c1cc(Cl)ccc1OC)c1nc2cc(C)cc(C)c2s1. The van der Waals surface area contributed by atoms with Crippen molar-refractivity contribution in [2.75, 3.05) is 38.2 Å². The Morgan fingerprint density at radius 2 is 1.87 bits per heavy atom. The zero-order valence-electron chi connectivity index (χ0n) is 18.2. The number of aromatic nitrogens is 1. The number of amides is 1. The molecular weight excluding hydrogens is 418 g/mol. The molecule has 0 aliphatic heterocycles. The summed E-state index contributed by atoms with van der Waals surface area (Å²) < 4.78 is 6.54. The normalized spacial score (nSPS) is 11.3. The minimum absolute atomic E-state index is 0.157. The van der Waals surface area contributed by atoms with Crippen molar-refractivity contribution in [3.63, 3.8) is 0 Å². The molecule has 0 fully saturated rings. The molecule has 0 atom stereocenters. The van der Waals surface area contributed by atoms with Crippen molar-refractivity contribution >= 4 is 44.2 Å². The number of methoxy groups -OCH3 is 1. The fourth-order valence-corrected chi connectivity index (χ4v) is 4.75. The Morgan fingerprint density at radius 3 is 2.53 bits per heavy atom. The number of ether oxygens (including phenoxy) is 1. The first-order valence-electron chi connectivity index (χ1n) is 10.1. The van der Waals surface area contributed by atoms with E-state index in [0.717, 1.165) is 35.4 Å². The molecule has 0 N–H and O–H groups in total. The lowest BCUT2D eigenvalue weighted by molar-refractivity contribution is 0.0981. The van der Waals surface area contributed by atoms with E-state index >= 15 is 0 Å². The monoisotopic (exact) mass is 445 g/mol. The summed E-state index contributed by atoms with van der Waals surface area (Å²) in [6.45, 7) is 11.5. The molecule has 3 aromatic rings. The summed E-state index contributed by atoms with van der Waals surface area (Å²) in [6, 6.07) is 9.32. The van der Waals surface area contributed by atoms with E-state index in [-0.39, 0.29) is 5.91 Å². The fraction of sp³-hybridized carbons (Fsp3) is 0.391. The number of hydrogen-bond donors (Lipinski definition) is 0. The zero-order chi connectivity index (χ0) is 21.8. The molecule has 0 radical (unpaired) electrons. The first-order chi connectivity index (χ1) is 14.4. The predicted octanol–water partition coefficient (Wildman–Crippen LogP) is 5.56.